The summed E-state index contributed by atoms with van der Waals surface area (Å²) in [5.74, 6) is 0.853. The summed E-state index contributed by atoms with van der Waals surface area (Å²) in [6, 6.07) is 8.59. The zero-order valence-corrected chi connectivity index (χ0v) is 11.4. The highest BCUT2D eigenvalue weighted by Crippen LogP contribution is 2.31. The van der Waals surface area contributed by atoms with Crippen molar-refractivity contribution >= 4 is 5.90 Å². The van der Waals surface area contributed by atoms with Crippen molar-refractivity contribution < 1.29 is 4.74 Å². The summed E-state index contributed by atoms with van der Waals surface area (Å²) >= 11 is 0. The van der Waals surface area contributed by atoms with Gasteiger partial charge in [0, 0.05) is 0 Å². The Balaban J connectivity index is 2.34. The van der Waals surface area contributed by atoms with E-state index in [1.165, 1.54) is 11.1 Å². The van der Waals surface area contributed by atoms with Crippen LogP contribution in [0.25, 0.3) is 0 Å². The van der Waals surface area contributed by atoms with E-state index in [0.29, 0.717) is 6.61 Å². The van der Waals surface area contributed by atoms with Gasteiger partial charge in [-0.1, -0.05) is 29.8 Å². The molecular weight excluding hydrogens is 210 g/mol. The van der Waals surface area contributed by atoms with E-state index in [1.54, 1.807) is 0 Å². The van der Waals surface area contributed by atoms with Gasteiger partial charge >= 0.3 is 0 Å². The molecule has 0 atom stereocenters. The SMILES string of the molecule is Cc1ccc(C(C)(C)C2=NC(C)(C)CO2)cc1. The van der Waals surface area contributed by atoms with Crippen molar-refractivity contribution in [2.75, 3.05) is 6.61 Å². The lowest BCUT2D eigenvalue weighted by Crippen LogP contribution is -2.29. The third-order valence-corrected chi connectivity index (χ3v) is 3.27. The molecular formula is C15H21NO. The molecule has 1 aromatic rings. The van der Waals surface area contributed by atoms with Gasteiger partial charge in [0.25, 0.3) is 0 Å². The summed E-state index contributed by atoms with van der Waals surface area (Å²) in [4.78, 5) is 4.69. The molecule has 92 valence electrons. The summed E-state index contributed by atoms with van der Waals surface area (Å²) in [7, 11) is 0. The zero-order valence-electron chi connectivity index (χ0n) is 11.4. The number of benzene rings is 1. The standard InChI is InChI=1S/C15H21NO/c1-11-6-8-12(9-7-11)15(4,5)13-16-14(2,3)10-17-13/h6-9H,10H2,1-5H3. The molecule has 0 aliphatic carbocycles. The Morgan fingerprint density at radius 2 is 1.76 bits per heavy atom. The van der Waals surface area contributed by atoms with Gasteiger partial charge in [-0.15, -0.1) is 0 Å². The summed E-state index contributed by atoms with van der Waals surface area (Å²) in [6.45, 7) is 11.3. The van der Waals surface area contributed by atoms with Crippen LogP contribution in [0.5, 0.6) is 0 Å². The molecule has 0 amide bonds. The summed E-state index contributed by atoms with van der Waals surface area (Å²) < 4.78 is 5.77. The van der Waals surface area contributed by atoms with Crippen LogP contribution in [0.2, 0.25) is 0 Å². The van der Waals surface area contributed by atoms with Crippen molar-refractivity contribution in [3.63, 3.8) is 0 Å². The maximum absolute atomic E-state index is 5.77. The van der Waals surface area contributed by atoms with E-state index >= 15 is 0 Å². The highest BCUT2D eigenvalue weighted by molar-refractivity contribution is 5.88. The lowest BCUT2D eigenvalue weighted by Gasteiger charge is -2.24. The van der Waals surface area contributed by atoms with Crippen LogP contribution < -0.4 is 0 Å². The molecule has 0 bridgehead atoms. The van der Waals surface area contributed by atoms with Crippen LogP contribution in [0, 0.1) is 6.92 Å². The predicted octanol–water partition coefficient (Wildman–Crippen LogP) is 3.48. The van der Waals surface area contributed by atoms with Gasteiger partial charge < -0.3 is 4.74 Å². The molecule has 2 nitrogen and oxygen atoms in total. The van der Waals surface area contributed by atoms with Gasteiger partial charge in [0.15, 0.2) is 5.90 Å². The average Bonchev–Trinajstić information content (AvgIpc) is 2.60. The second-order valence-electron chi connectivity index (χ2n) is 6.01. The van der Waals surface area contributed by atoms with E-state index in [9.17, 15) is 0 Å². The van der Waals surface area contributed by atoms with Crippen LogP contribution in [-0.4, -0.2) is 18.0 Å². The van der Waals surface area contributed by atoms with Crippen LogP contribution in [-0.2, 0) is 10.2 Å². The Morgan fingerprint density at radius 3 is 2.24 bits per heavy atom. The van der Waals surface area contributed by atoms with Gasteiger partial charge in [0.1, 0.15) is 6.61 Å². The fourth-order valence-corrected chi connectivity index (χ4v) is 2.00. The molecule has 0 N–H and O–H groups in total. The van der Waals surface area contributed by atoms with Crippen molar-refractivity contribution in [1.82, 2.24) is 0 Å². The Bertz CT molecular complexity index is 440. The largest absolute Gasteiger partial charge is 0.478 e. The van der Waals surface area contributed by atoms with Crippen LogP contribution >= 0.6 is 0 Å². The summed E-state index contributed by atoms with van der Waals surface area (Å²) in [5, 5.41) is 0. The maximum Gasteiger partial charge on any atom is 0.194 e. The number of hydrogen-bond donors (Lipinski definition) is 0. The minimum Gasteiger partial charge on any atom is -0.478 e. The number of aliphatic imine (C=N–C) groups is 1. The third-order valence-electron chi connectivity index (χ3n) is 3.27. The average molecular weight is 231 g/mol. The van der Waals surface area contributed by atoms with Crippen molar-refractivity contribution in [2.45, 2.75) is 45.6 Å². The van der Waals surface area contributed by atoms with Gasteiger partial charge in [0.05, 0.1) is 11.0 Å². The van der Waals surface area contributed by atoms with Gasteiger partial charge in [0.2, 0.25) is 0 Å². The van der Waals surface area contributed by atoms with Gasteiger partial charge in [-0.2, -0.15) is 0 Å². The van der Waals surface area contributed by atoms with E-state index in [0.717, 1.165) is 5.90 Å². The number of ether oxygens (including phenoxy) is 1. The van der Waals surface area contributed by atoms with Crippen molar-refractivity contribution in [3.8, 4) is 0 Å². The van der Waals surface area contributed by atoms with E-state index in [4.69, 9.17) is 4.74 Å². The molecule has 2 heteroatoms. The normalized spacial score (nSPS) is 18.8. The van der Waals surface area contributed by atoms with Crippen LogP contribution in [0.4, 0.5) is 0 Å². The van der Waals surface area contributed by atoms with Gasteiger partial charge in [-0.05, 0) is 40.2 Å². The van der Waals surface area contributed by atoms with E-state index in [2.05, 4.69) is 63.9 Å². The zero-order chi connectivity index (χ0) is 12.7. The first-order valence-electron chi connectivity index (χ1n) is 6.11. The van der Waals surface area contributed by atoms with Gasteiger partial charge in [-0.25, -0.2) is 4.99 Å². The maximum atomic E-state index is 5.77. The molecule has 0 saturated heterocycles. The molecule has 1 aromatic carbocycles. The molecule has 1 aliphatic rings. The Labute approximate surface area is 104 Å². The quantitative estimate of drug-likeness (QED) is 0.763. The fourth-order valence-electron chi connectivity index (χ4n) is 2.00. The first-order valence-corrected chi connectivity index (χ1v) is 6.11. The van der Waals surface area contributed by atoms with Crippen molar-refractivity contribution in [2.24, 2.45) is 4.99 Å². The molecule has 0 radical (unpaired) electrons. The smallest absolute Gasteiger partial charge is 0.194 e. The topological polar surface area (TPSA) is 21.6 Å². The first kappa shape index (κ1) is 12.2. The Kier molecular flexibility index (Phi) is 2.76. The summed E-state index contributed by atoms with van der Waals surface area (Å²) in [5.41, 5.74) is 2.29. The number of rotatable bonds is 2. The number of nitrogens with zero attached hydrogens (tertiary/aromatic N) is 1. The Hall–Kier alpha value is -1.31. The second kappa shape index (κ2) is 3.86. The van der Waals surface area contributed by atoms with Crippen molar-refractivity contribution in [3.05, 3.63) is 35.4 Å². The van der Waals surface area contributed by atoms with E-state index in [-0.39, 0.29) is 11.0 Å². The molecule has 0 saturated carbocycles. The first-order chi connectivity index (χ1) is 7.81. The summed E-state index contributed by atoms with van der Waals surface area (Å²) in [6.07, 6.45) is 0. The molecule has 0 fully saturated rings. The molecule has 17 heavy (non-hydrogen) atoms. The molecule has 0 aromatic heterocycles. The minimum absolute atomic E-state index is 0.0860. The monoisotopic (exact) mass is 231 g/mol. The van der Waals surface area contributed by atoms with Crippen molar-refractivity contribution in [1.29, 1.82) is 0 Å². The van der Waals surface area contributed by atoms with E-state index in [1.807, 2.05) is 0 Å². The lowest BCUT2D eigenvalue weighted by molar-refractivity contribution is 0.263. The number of aryl methyl sites for hydroxylation is 1. The second-order valence-corrected chi connectivity index (χ2v) is 6.01. The fraction of sp³-hybridized carbons (Fsp3) is 0.533. The van der Waals surface area contributed by atoms with Crippen LogP contribution in [0.15, 0.2) is 29.3 Å². The number of hydrogen-bond acceptors (Lipinski definition) is 2. The molecule has 0 spiro atoms. The molecule has 1 heterocycles. The molecule has 2 rings (SSSR count). The highest BCUT2D eigenvalue weighted by Gasteiger charge is 2.36. The van der Waals surface area contributed by atoms with Crippen LogP contribution in [0.3, 0.4) is 0 Å². The third kappa shape index (κ3) is 2.36. The predicted molar refractivity (Wildman–Crippen MR) is 71.7 cm³/mol. The lowest BCUT2D eigenvalue weighted by atomic mass is 9.84. The minimum atomic E-state index is -0.151. The van der Waals surface area contributed by atoms with E-state index < -0.39 is 0 Å². The van der Waals surface area contributed by atoms with Crippen LogP contribution in [0.1, 0.15) is 38.8 Å². The highest BCUT2D eigenvalue weighted by atomic mass is 16.5. The molecule has 1 aliphatic heterocycles. The van der Waals surface area contributed by atoms with Gasteiger partial charge in [-0.3, -0.25) is 0 Å². The Morgan fingerprint density at radius 1 is 1.18 bits per heavy atom. The molecule has 0 unspecified atom stereocenters.